The topological polar surface area (TPSA) is 48.1 Å². The van der Waals surface area contributed by atoms with Crippen molar-refractivity contribution in [3.63, 3.8) is 0 Å². The number of aromatic nitrogens is 1. The number of thiophene rings is 1. The van der Waals surface area contributed by atoms with E-state index in [9.17, 15) is 0 Å². The van der Waals surface area contributed by atoms with Crippen LogP contribution in [0.1, 0.15) is 21.4 Å². The number of ether oxygens (including phenoxy) is 1. The first-order valence-electron chi connectivity index (χ1n) is 5.03. The van der Waals surface area contributed by atoms with Crippen LogP contribution in [0.25, 0.3) is 0 Å². The number of hydrogen-bond donors (Lipinski definition) is 1. The molecule has 1 unspecified atom stereocenters. The SMILES string of the molecule is COc1ncccc1C(N)c1ccc(C)s1. The molecule has 0 aliphatic carbocycles. The Morgan fingerprint density at radius 3 is 2.81 bits per heavy atom. The Balaban J connectivity index is 2.36. The highest BCUT2D eigenvalue weighted by Crippen LogP contribution is 2.30. The maximum atomic E-state index is 6.20. The standard InChI is InChI=1S/C12H14N2OS/c1-8-5-6-10(16-8)11(13)9-4-3-7-14-12(9)15-2/h3-7,11H,13H2,1-2H3. The maximum Gasteiger partial charge on any atom is 0.218 e. The summed E-state index contributed by atoms with van der Waals surface area (Å²) in [6.45, 7) is 2.07. The first-order valence-corrected chi connectivity index (χ1v) is 5.85. The second-order valence-corrected chi connectivity index (χ2v) is 4.85. The summed E-state index contributed by atoms with van der Waals surface area (Å²) >= 11 is 1.70. The van der Waals surface area contributed by atoms with E-state index >= 15 is 0 Å². The molecule has 0 saturated heterocycles. The minimum absolute atomic E-state index is 0.164. The van der Waals surface area contributed by atoms with E-state index in [4.69, 9.17) is 10.5 Å². The molecule has 16 heavy (non-hydrogen) atoms. The molecule has 0 aliphatic rings. The van der Waals surface area contributed by atoms with Gasteiger partial charge >= 0.3 is 0 Å². The van der Waals surface area contributed by atoms with Gasteiger partial charge < -0.3 is 10.5 Å². The van der Waals surface area contributed by atoms with Gasteiger partial charge in [0.25, 0.3) is 0 Å². The van der Waals surface area contributed by atoms with Crippen molar-refractivity contribution in [2.75, 3.05) is 7.11 Å². The molecule has 3 nitrogen and oxygen atoms in total. The third-order valence-corrected chi connectivity index (χ3v) is 3.48. The molecule has 2 N–H and O–H groups in total. The molecule has 0 bridgehead atoms. The molecule has 0 fully saturated rings. The Morgan fingerprint density at radius 2 is 2.19 bits per heavy atom. The average molecular weight is 234 g/mol. The van der Waals surface area contributed by atoms with Gasteiger partial charge in [-0.15, -0.1) is 11.3 Å². The summed E-state index contributed by atoms with van der Waals surface area (Å²) in [6.07, 6.45) is 1.70. The first kappa shape index (κ1) is 11.1. The first-order chi connectivity index (χ1) is 7.72. The largest absolute Gasteiger partial charge is 0.481 e. The molecule has 2 aromatic rings. The molecule has 0 spiro atoms. The van der Waals surface area contributed by atoms with Crippen LogP contribution in [0.2, 0.25) is 0 Å². The van der Waals surface area contributed by atoms with Crippen molar-refractivity contribution in [1.82, 2.24) is 4.98 Å². The zero-order chi connectivity index (χ0) is 11.5. The summed E-state index contributed by atoms with van der Waals surface area (Å²) < 4.78 is 5.21. The van der Waals surface area contributed by atoms with E-state index in [1.54, 1.807) is 24.6 Å². The van der Waals surface area contributed by atoms with Crippen LogP contribution < -0.4 is 10.5 Å². The van der Waals surface area contributed by atoms with Crippen molar-refractivity contribution in [3.05, 3.63) is 45.8 Å². The molecule has 4 heteroatoms. The van der Waals surface area contributed by atoms with Gasteiger partial charge in [0.2, 0.25) is 5.88 Å². The van der Waals surface area contributed by atoms with Gasteiger partial charge in [-0.1, -0.05) is 6.07 Å². The number of methoxy groups -OCH3 is 1. The van der Waals surface area contributed by atoms with Crippen molar-refractivity contribution >= 4 is 11.3 Å². The molecule has 2 heterocycles. The smallest absolute Gasteiger partial charge is 0.218 e. The molecule has 2 rings (SSSR count). The zero-order valence-electron chi connectivity index (χ0n) is 9.31. The number of rotatable bonds is 3. The van der Waals surface area contributed by atoms with E-state index in [1.807, 2.05) is 12.1 Å². The van der Waals surface area contributed by atoms with E-state index in [2.05, 4.69) is 24.0 Å². The van der Waals surface area contributed by atoms with Crippen LogP contribution in [-0.4, -0.2) is 12.1 Å². The quantitative estimate of drug-likeness (QED) is 0.887. The van der Waals surface area contributed by atoms with Gasteiger partial charge in [0.05, 0.1) is 13.2 Å². The molecule has 0 amide bonds. The van der Waals surface area contributed by atoms with E-state index in [0.29, 0.717) is 5.88 Å². The zero-order valence-corrected chi connectivity index (χ0v) is 10.1. The van der Waals surface area contributed by atoms with E-state index in [-0.39, 0.29) is 6.04 Å². The Bertz CT molecular complexity index is 481. The highest BCUT2D eigenvalue weighted by molar-refractivity contribution is 7.12. The molecule has 0 aromatic carbocycles. The van der Waals surface area contributed by atoms with Crippen molar-refractivity contribution in [2.24, 2.45) is 5.73 Å². The van der Waals surface area contributed by atoms with Crippen LogP contribution in [-0.2, 0) is 0 Å². The molecule has 1 atom stereocenters. The van der Waals surface area contributed by atoms with Crippen LogP contribution in [0.5, 0.6) is 5.88 Å². The van der Waals surface area contributed by atoms with Gasteiger partial charge in [0.1, 0.15) is 0 Å². The van der Waals surface area contributed by atoms with Crippen LogP contribution in [0.4, 0.5) is 0 Å². The maximum absolute atomic E-state index is 6.20. The lowest BCUT2D eigenvalue weighted by atomic mass is 10.1. The van der Waals surface area contributed by atoms with Crippen molar-refractivity contribution in [3.8, 4) is 5.88 Å². The van der Waals surface area contributed by atoms with Gasteiger partial charge in [-0.25, -0.2) is 4.98 Å². The summed E-state index contributed by atoms with van der Waals surface area (Å²) in [6, 6.07) is 7.78. The van der Waals surface area contributed by atoms with Crippen LogP contribution in [0.3, 0.4) is 0 Å². The van der Waals surface area contributed by atoms with Gasteiger partial charge in [-0.05, 0) is 25.1 Å². The summed E-state index contributed by atoms with van der Waals surface area (Å²) in [5.41, 5.74) is 7.12. The Labute approximate surface area is 98.9 Å². The second kappa shape index (κ2) is 4.63. The Hall–Kier alpha value is -1.39. The number of nitrogens with two attached hydrogens (primary N) is 1. The number of hydrogen-bond acceptors (Lipinski definition) is 4. The lowest BCUT2D eigenvalue weighted by molar-refractivity contribution is 0.391. The normalized spacial score (nSPS) is 12.4. The molecule has 2 aromatic heterocycles. The van der Waals surface area contributed by atoms with Crippen molar-refractivity contribution < 1.29 is 4.74 Å². The van der Waals surface area contributed by atoms with E-state index < -0.39 is 0 Å². The lowest BCUT2D eigenvalue weighted by Gasteiger charge is -2.12. The molecule has 0 aliphatic heterocycles. The third kappa shape index (κ3) is 2.08. The summed E-state index contributed by atoms with van der Waals surface area (Å²) in [4.78, 5) is 6.54. The Kier molecular flexibility index (Phi) is 3.22. The van der Waals surface area contributed by atoms with Gasteiger partial charge in [0.15, 0.2) is 0 Å². The predicted molar refractivity (Wildman–Crippen MR) is 65.9 cm³/mol. The summed E-state index contributed by atoms with van der Waals surface area (Å²) in [5.74, 6) is 0.598. The minimum Gasteiger partial charge on any atom is -0.481 e. The highest BCUT2D eigenvalue weighted by atomic mass is 32.1. The average Bonchev–Trinajstić information content (AvgIpc) is 2.75. The fraction of sp³-hybridized carbons (Fsp3) is 0.250. The highest BCUT2D eigenvalue weighted by Gasteiger charge is 2.15. The van der Waals surface area contributed by atoms with Crippen molar-refractivity contribution in [1.29, 1.82) is 0 Å². The molecule has 0 saturated carbocycles. The number of nitrogens with zero attached hydrogens (tertiary/aromatic N) is 1. The molecular weight excluding hydrogens is 220 g/mol. The number of pyridine rings is 1. The Morgan fingerprint density at radius 1 is 1.38 bits per heavy atom. The van der Waals surface area contributed by atoms with E-state index in [0.717, 1.165) is 10.4 Å². The molecule has 0 radical (unpaired) electrons. The van der Waals surface area contributed by atoms with Gasteiger partial charge in [-0.2, -0.15) is 0 Å². The van der Waals surface area contributed by atoms with E-state index in [1.165, 1.54) is 4.88 Å². The lowest BCUT2D eigenvalue weighted by Crippen LogP contribution is -2.12. The molecule has 84 valence electrons. The van der Waals surface area contributed by atoms with Crippen LogP contribution in [0.15, 0.2) is 30.5 Å². The predicted octanol–water partition coefficient (Wildman–Crippen LogP) is 2.51. The molecular formula is C12H14N2OS. The monoisotopic (exact) mass is 234 g/mol. The van der Waals surface area contributed by atoms with Gasteiger partial charge in [0, 0.05) is 21.5 Å². The fourth-order valence-electron chi connectivity index (χ4n) is 1.58. The number of aryl methyl sites for hydroxylation is 1. The second-order valence-electron chi connectivity index (χ2n) is 3.53. The minimum atomic E-state index is -0.164. The fourth-order valence-corrected chi connectivity index (χ4v) is 2.48. The third-order valence-electron chi connectivity index (χ3n) is 2.40. The van der Waals surface area contributed by atoms with Gasteiger partial charge in [-0.3, -0.25) is 0 Å². The van der Waals surface area contributed by atoms with Crippen LogP contribution in [0, 0.1) is 6.92 Å². The van der Waals surface area contributed by atoms with Crippen LogP contribution >= 0.6 is 11.3 Å². The summed E-state index contributed by atoms with van der Waals surface area (Å²) in [7, 11) is 1.61. The summed E-state index contributed by atoms with van der Waals surface area (Å²) in [5, 5.41) is 0. The van der Waals surface area contributed by atoms with Crippen molar-refractivity contribution in [2.45, 2.75) is 13.0 Å².